The molecule has 0 saturated heterocycles. The highest BCUT2D eigenvalue weighted by Crippen LogP contribution is 2.30. The molecule has 94 valence electrons. The predicted octanol–water partition coefficient (Wildman–Crippen LogP) is 3.59. The molecule has 0 unspecified atom stereocenters. The molecular weight excluding hydrogens is 241 g/mol. The van der Waals surface area contributed by atoms with Crippen LogP contribution >= 0.6 is 0 Å². The largest absolute Gasteiger partial charge is 0.277 e. The van der Waals surface area contributed by atoms with Crippen molar-refractivity contribution in [3.05, 3.63) is 60.3 Å². The van der Waals surface area contributed by atoms with Crippen molar-refractivity contribution in [1.29, 1.82) is 0 Å². The first kappa shape index (κ1) is 11.6. The molecule has 0 bridgehead atoms. The van der Waals surface area contributed by atoms with E-state index in [1.54, 1.807) is 24.5 Å². The summed E-state index contributed by atoms with van der Waals surface area (Å²) in [7, 11) is 0. The quantitative estimate of drug-likeness (QED) is 0.758. The zero-order valence-electron chi connectivity index (χ0n) is 10.4. The van der Waals surface area contributed by atoms with Gasteiger partial charge in [-0.1, -0.05) is 0 Å². The highest BCUT2D eigenvalue weighted by molar-refractivity contribution is 5.80. The Hall–Kier alpha value is -2.49. The predicted molar refractivity (Wildman–Crippen MR) is 71.9 cm³/mol. The van der Waals surface area contributed by atoms with Gasteiger partial charge < -0.3 is 0 Å². The van der Waals surface area contributed by atoms with Crippen LogP contribution in [0, 0.1) is 12.7 Å². The average molecular weight is 253 g/mol. The zero-order chi connectivity index (χ0) is 13.2. The molecule has 3 nitrogen and oxygen atoms in total. The van der Waals surface area contributed by atoms with E-state index in [9.17, 15) is 4.39 Å². The second-order valence-electron chi connectivity index (χ2n) is 4.35. The molecule has 0 aliphatic heterocycles. The monoisotopic (exact) mass is 253 g/mol. The average Bonchev–Trinajstić information content (AvgIpc) is 2.89. The zero-order valence-corrected chi connectivity index (χ0v) is 10.4. The van der Waals surface area contributed by atoms with Crippen LogP contribution in [0.3, 0.4) is 0 Å². The Morgan fingerprint density at radius 3 is 2.58 bits per heavy atom. The molecule has 4 heteroatoms. The van der Waals surface area contributed by atoms with Crippen molar-refractivity contribution in [3.63, 3.8) is 0 Å². The van der Waals surface area contributed by atoms with E-state index in [2.05, 4.69) is 15.2 Å². The number of aryl methyl sites for hydroxylation is 1. The molecule has 1 N–H and O–H groups in total. The first-order valence-electron chi connectivity index (χ1n) is 5.96. The molecule has 0 amide bonds. The van der Waals surface area contributed by atoms with Gasteiger partial charge in [0.15, 0.2) is 0 Å². The van der Waals surface area contributed by atoms with E-state index in [0.29, 0.717) is 0 Å². The number of rotatable bonds is 2. The summed E-state index contributed by atoms with van der Waals surface area (Å²) in [5.74, 6) is -0.246. The van der Waals surface area contributed by atoms with Gasteiger partial charge in [-0.3, -0.25) is 10.1 Å². The second kappa shape index (κ2) is 4.65. The minimum Gasteiger partial charge on any atom is -0.277 e. The van der Waals surface area contributed by atoms with Crippen LogP contribution in [-0.2, 0) is 0 Å². The molecule has 0 fully saturated rings. The Morgan fingerprint density at radius 1 is 1.05 bits per heavy atom. The molecule has 0 spiro atoms. The number of benzene rings is 1. The van der Waals surface area contributed by atoms with Gasteiger partial charge in [-0.2, -0.15) is 5.10 Å². The Balaban J connectivity index is 2.10. The maximum Gasteiger partial charge on any atom is 0.123 e. The molecule has 19 heavy (non-hydrogen) atoms. The standard InChI is InChI=1S/C15H12FN3/c1-10-8-12(6-7-17-10)14-9-18-19-15(14)11-2-4-13(16)5-3-11/h2-9H,1H3,(H,18,19). The molecule has 0 atom stereocenters. The van der Waals surface area contributed by atoms with Crippen LogP contribution in [0.25, 0.3) is 22.4 Å². The van der Waals surface area contributed by atoms with E-state index >= 15 is 0 Å². The van der Waals surface area contributed by atoms with Crippen molar-refractivity contribution in [2.24, 2.45) is 0 Å². The Bertz CT molecular complexity index is 701. The fourth-order valence-electron chi connectivity index (χ4n) is 2.05. The van der Waals surface area contributed by atoms with Gasteiger partial charge >= 0.3 is 0 Å². The highest BCUT2D eigenvalue weighted by Gasteiger charge is 2.10. The van der Waals surface area contributed by atoms with E-state index < -0.39 is 0 Å². The first-order chi connectivity index (χ1) is 9.24. The van der Waals surface area contributed by atoms with Crippen LogP contribution in [0.1, 0.15) is 5.69 Å². The maximum atomic E-state index is 13.0. The third-order valence-corrected chi connectivity index (χ3v) is 2.98. The van der Waals surface area contributed by atoms with Gasteiger partial charge in [0.1, 0.15) is 5.82 Å². The lowest BCUT2D eigenvalue weighted by Crippen LogP contribution is -1.85. The van der Waals surface area contributed by atoms with Crippen LogP contribution in [0.2, 0.25) is 0 Å². The summed E-state index contributed by atoms with van der Waals surface area (Å²) < 4.78 is 13.0. The van der Waals surface area contributed by atoms with Gasteiger partial charge in [0.05, 0.1) is 11.9 Å². The first-order valence-corrected chi connectivity index (χ1v) is 5.96. The van der Waals surface area contributed by atoms with Gasteiger partial charge in [0, 0.05) is 23.0 Å². The van der Waals surface area contributed by atoms with Crippen molar-refractivity contribution < 1.29 is 4.39 Å². The number of nitrogens with one attached hydrogen (secondary N) is 1. The minimum absolute atomic E-state index is 0.246. The summed E-state index contributed by atoms with van der Waals surface area (Å²) in [6.07, 6.45) is 3.54. The fourth-order valence-corrected chi connectivity index (χ4v) is 2.05. The Morgan fingerprint density at radius 2 is 1.84 bits per heavy atom. The molecule has 3 aromatic rings. The van der Waals surface area contributed by atoms with Crippen LogP contribution in [-0.4, -0.2) is 15.2 Å². The molecule has 2 aromatic heterocycles. The molecule has 2 heterocycles. The number of aromatic nitrogens is 3. The molecule has 3 rings (SSSR count). The molecule has 0 saturated carbocycles. The van der Waals surface area contributed by atoms with Gasteiger partial charge in [-0.25, -0.2) is 4.39 Å². The lowest BCUT2D eigenvalue weighted by Gasteiger charge is -2.04. The summed E-state index contributed by atoms with van der Waals surface area (Å²) in [5.41, 5.74) is 4.76. The highest BCUT2D eigenvalue weighted by atomic mass is 19.1. The van der Waals surface area contributed by atoms with E-state index in [1.165, 1.54) is 12.1 Å². The topological polar surface area (TPSA) is 41.6 Å². The number of H-pyrrole nitrogens is 1. The van der Waals surface area contributed by atoms with E-state index in [4.69, 9.17) is 0 Å². The number of halogens is 1. The van der Waals surface area contributed by atoms with E-state index in [1.807, 2.05) is 19.1 Å². The summed E-state index contributed by atoms with van der Waals surface area (Å²) in [5, 5.41) is 7.05. The molecule has 0 aliphatic rings. The fraction of sp³-hybridized carbons (Fsp3) is 0.0667. The van der Waals surface area contributed by atoms with Crippen LogP contribution in [0.15, 0.2) is 48.8 Å². The molecule has 0 aliphatic carbocycles. The summed E-state index contributed by atoms with van der Waals surface area (Å²) >= 11 is 0. The molecule has 1 aromatic carbocycles. The third-order valence-electron chi connectivity index (χ3n) is 2.98. The normalized spacial score (nSPS) is 10.6. The summed E-state index contributed by atoms with van der Waals surface area (Å²) in [6, 6.07) is 10.3. The third kappa shape index (κ3) is 2.25. The number of hydrogen-bond acceptors (Lipinski definition) is 2. The van der Waals surface area contributed by atoms with Crippen molar-refractivity contribution in [3.8, 4) is 22.4 Å². The number of nitrogens with zero attached hydrogens (tertiary/aromatic N) is 2. The minimum atomic E-state index is -0.246. The summed E-state index contributed by atoms with van der Waals surface area (Å²) in [6.45, 7) is 1.95. The van der Waals surface area contributed by atoms with Crippen LogP contribution < -0.4 is 0 Å². The number of pyridine rings is 1. The van der Waals surface area contributed by atoms with Gasteiger partial charge in [-0.05, 0) is 48.9 Å². The van der Waals surface area contributed by atoms with Crippen molar-refractivity contribution >= 4 is 0 Å². The second-order valence-corrected chi connectivity index (χ2v) is 4.35. The van der Waals surface area contributed by atoms with Crippen molar-refractivity contribution in [1.82, 2.24) is 15.2 Å². The van der Waals surface area contributed by atoms with Gasteiger partial charge in [-0.15, -0.1) is 0 Å². The number of hydrogen-bond donors (Lipinski definition) is 1. The summed E-state index contributed by atoms with van der Waals surface area (Å²) in [4.78, 5) is 4.18. The van der Waals surface area contributed by atoms with E-state index in [-0.39, 0.29) is 5.82 Å². The lowest BCUT2D eigenvalue weighted by atomic mass is 10.0. The van der Waals surface area contributed by atoms with E-state index in [0.717, 1.165) is 28.1 Å². The van der Waals surface area contributed by atoms with Gasteiger partial charge in [0.2, 0.25) is 0 Å². The number of aromatic amines is 1. The van der Waals surface area contributed by atoms with Gasteiger partial charge in [0.25, 0.3) is 0 Å². The van der Waals surface area contributed by atoms with Crippen molar-refractivity contribution in [2.75, 3.05) is 0 Å². The molecule has 0 radical (unpaired) electrons. The van der Waals surface area contributed by atoms with Crippen LogP contribution in [0.5, 0.6) is 0 Å². The van der Waals surface area contributed by atoms with Crippen LogP contribution in [0.4, 0.5) is 4.39 Å². The maximum absolute atomic E-state index is 13.0. The van der Waals surface area contributed by atoms with Crippen molar-refractivity contribution in [2.45, 2.75) is 6.92 Å². The Kier molecular flexibility index (Phi) is 2.83. The molecular formula is C15H12FN3. The SMILES string of the molecule is Cc1cc(-c2cn[nH]c2-c2ccc(F)cc2)ccn1. The lowest BCUT2D eigenvalue weighted by molar-refractivity contribution is 0.628. The smallest absolute Gasteiger partial charge is 0.123 e. The Labute approximate surface area is 110 Å².